The average Bonchev–Trinajstić information content (AvgIpc) is 3.10. The first-order chi connectivity index (χ1) is 12.1. The van der Waals surface area contributed by atoms with E-state index >= 15 is 0 Å². The lowest BCUT2D eigenvalue weighted by Gasteiger charge is -2.29. The predicted molar refractivity (Wildman–Crippen MR) is 98.8 cm³/mol. The van der Waals surface area contributed by atoms with Gasteiger partial charge in [-0.3, -0.25) is 9.59 Å². The number of nitrogens with one attached hydrogen (secondary N) is 3. The van der Waals surface area contributed by atoms with Crippen LogP contribution in [0.3, 0.4) is 0 Å². The summed E-state index contributed by atoms with van der Waals surface area (Å²) in [7, 11) is 0. The number of hydrogen-bond acceptors (Lipinski definition) is 2. The molecule has 1 aliphatic carbocycles. The van der Waals surface area contributed by atoms with Gasteiger partial charge in [0, 0.05) is 6.04 Å². The maximum absolute atomic E-state index is 12.6. The lowest BCUT2D eigenvalue weighted by molar-refractivity contribution is -0.920. The quantitative estimate of drug-likeness (QED) is 0.762. The van der Waals surface area contributed by atoms with E-state index in [1.807, 2.05) is 18.2 Å². The molecule has 1 unspecified atom stereocenters. The second kappa shape index (κ2) is 8.48. The number of quaternary nitrogens is 1. The van der Waals surface area contributed by atoms with Crippen LogP contribution in [0.5, 0.6) is 0 Å². The van der Waals surface area contributed by atoms with E-state index in [1.165, 1.54) is 37.0 Å². The Bertz CT molecular complexity index is 611. The minimum Gasteiger partial charge on any atom is -0.349 e. The summed E-state index contributed by atoms with van der Waals surface area (Å²) in [5.74, 6) is -0.0913. The number of carbonyl (C=O) groups is 2. The fourth-order valence-electron chi connectivity index (χ4n) is 4.04. The van der Waals surface area contributed by atoms with Crippen molar-refractivity contribution in [1.82, 2.24) is 5.32 Å². The van der Waals surface area contributed by atoms with Gasteiger partial charge in [-0.1, -0.05) is 25.0 Å². The minimum absolute atomic E-state index is 0.00938. The van der Waals surface area contributed by atoms with Gasteiger partial charge in [-0.25, -0.2) is 0 Å². The fourth-order valence-corrected chi connectivity index (χ4v) is 4.04. The Balaban J connectivity index is 1.61. The molecule has 0 spiro atoms. The molecule has 2 aliphatic rings. The van der Waals surface area contributed by atoms with Crippen molar-refractivity contribution in [3.63, 3.8) is 0 Å². The molecule has 5 nitrogen and oxygen atoms in total. The van der Waals surface area contributed by atoms with Gasteiger partial charge in [-0.05, 0) is 51.2 Å². The summed E-state index contributed by atoms with van der Waals surface area (Å²) >= 11 is 0. The maximum atomic E-state index is 12.6. The van der Waals surface area contributed by atoms with E-state index in [4.69, 9.17) is 0 Å². The third kappa shape index (κ3) is 4.82. The van der Waals surface area contributed by atoms with Crippen molar-refractivity contribution >= 4 is 17.5 Å². The normalized spacial score (nSPS) is 24.0. The van der Waals surface area contributed by atoms with Crippen molar-refractivity contribution in [1.29, 1.82) is 0 Å². The Morgan fingerprint density at radius 3 is 2.56 bits per heavy atom. The van der Waals surface area contributed by atoms with Gasteiger partial charge in [0.15, 0.2) is 6.54 Å². The summed E-state index contributed by atoms with van der Waals surface area (Å²) in [5.41, 5.74) is 1.18. The molecule has 3 N–H and O–H groups in total. The summed E-state index contributed by atoms with van der Waals surface area (Å²) < 4.78 is 0. The molecule has 1 aliphatic heterocycles. The van der Waals surface area contributed by atoms with Crippen LogP contribution in [0.4, 0.5) is 5.69 Å². The number of amides is 2. The Morgan fingerprint density at radius 1 is 1.08 bits per heavy atom. The zero-order chi connectivity index (χ0) is 17.6. The monoisotopic (exact) mass is 344 g/mol. The molecule has 2 atom stereocenters. The van der Waals surface area contributed by atoms with E-state index in [9.17, 15) is 9.59 Å². The number of benzene rings is 1. The number of rotatable bonds is 5. The zero-order valence-corrected chi connectivity index (χ0v) is 15.1. The molecule has 136 valence electrons. The van der Waals surface area contributed by atoms with Gasteiger partial charge >= 0.3 is 0 Å². The van der Waals surface area contributed by atoms with E-state index in [-0.39, 0.29) is 17.9 Å². The van der Waals surface area contributed by atoms with Crippen LogP contribution in [-0.2, 0) is 4.79 Å². The Kier molecular flexibility index (Phi) is 6.08. The highest BCUT2D eigenvalue weighted by molar-refractivity contribution is 6.04. The lowest BCUT2D eigenvalue weighted by atomic mass is 10.0. The van der Waals surface area contributed by atoms with Gasteiger partial charge in [0.1, 0.15) is 0 Å². The third-order valence-electron chi connectivity index (χ3n) is 5.61. The molecule has 2 amide bonds. The third-order valence-corrected chi connectivity index (χ3v) is 5.61. The smallest absolute Gasteiger partial charge is 0.279 e. The summed E-state index contributed by atoms with van der Waals surface area (Å²) in [4.78, 5) is 26.4. The summed E-state index contributed by atoms with van der Waals surface area (Å²) in [6.07, 6.45) is 8.10. The molecule has 1 aromatic carbocycles. The summed E-state index contributed by atoms with van der Waals surface area (Å²) in [6.45, 7) is 3.74. The number of carbonyl (C=O) groups excluding carboxylic acids is 2. The van der Waals surface area contributed by atoms with Gasteiger partial charge < -0.3 is 15.5 Å². The van der Waals surface area contributed by atoms with Crippen LogP contribution >= 0.6 is 0 Å². The number of hydrogen-bond donors (Lipinski definition) is 3. The van der Waals surface area contributed by atoms with E-state index in [1.54, 1.807) is 6.07 Å². The second-order valence-corrected chi connectivity index (χ2v) is 7.53. The molecule has 1 saturated heterocycles. The highest BCUT2D eigenvalue weighted by atomic mass is 16.2. The Labute approximate surface area is 150 Å². The second-order valence-electron chi connectivity index (χ2n) is 7.53. The first-order valence-corrected chi connectivity index (χ1v) is 9.68. The first-order valence-electron chi connectivity index (χ1n) is 9.68. The van der Waals surface area contributed by atoms with Crippen LogP contribution in [0.1, 0.15) is 62.2 Å². The molecule has 0 bridgehead atoms. The molecule has 0 radical (unpaired) electrons. The van der Waals surface area contributed by atoms with Crippen LogP contribution in [0.25, 0.3) is 0 Å². The molecule has 1 heterocycles. The van der Waals surface area contributed by atoms with Crippen molar-refractivity contribution in [3.05, 3.63) is 29.8 Å². The molecule has 1 saturated carbocycles. The molecular weight excluding hydrogens is 314 g/mol. The summed E-state index contributed by atoms with van der Waals surface area (Å²) in [6, 6.07) is 8.11. The van der Waals surface area contributed by atoms with Gasteiger partial charge in [-0.2, -0.15) is 0 Å². The minimum atomic E-state index is -0.0820. The number of piperidine rings is 1. The van der Waals surface area contributed by atoms with Crippen molar-refractivity contribution in [2.75, 3.05) is 18.4 Å². The average molecular weight is 344 g/mol. The van der Waals surface area contributed by atoms with Crippen LogP contribution < -0.4 is 15.5 Å². The standard InChI is InChI=1S/C20H29N3O2/c1-15-8-6-7-13-23(15)14-19(24)22-18-12-5-4-11-17(18)20(25)21-16-9-2-3-10-16/h4-5,11-12,15-16H,2-3,6-10,13-14H2,1H3,(H,21,25)(H,22,24)/p+1/t15-/m0/s1. The molecule has 2 fully saturated rings. The SMILES string of the molecule is C[C@H]1CCCC[NH+]1CC(=O)Nc1ccccc1C(=O)NC1CCCC1. The van der Waals surface area contributed by atoms with E-state index < -0.39 is 0 Å². The molecular formula is C20H30N3O2+. The molecule has 3 rings (SSSR count). The fraction of sp³-hybridized carbons (Fsp3) is 0.600. The number of para-hydroxylation sites is 1. The van der Waals surface area contributed by atoms with Crippen molar-refractivity contribution in [3.8, 4) is 0 Å². The van der Waals surface area contributed by atoms with Crippen LogP contribution in [0, 0.1) is 0 Å². The summed E-state index contributed by atoms with van der Waals surface area (Å²) in [5, 5.41) is 6.07. The highest BCUT2D eigenvalue weighted by Gasteiger charge is 2.25. The van der Waals surface area contributed by atoms with Crippen LogP contribution in [-0.4, -0.2) is 37.0 Å². The van der Waals surface area contributed by atoms with Crippen molar-refractivity contribution in [2.24, 2.45) is 0 Å². The van der Waals surface area contributed by atoms with E-state index in [0.29, 0.717) is 23.8 Å². The number of anilines is 1. The van der Waals surface area contributed by atoms with Gasteiger partial charge in [0.2, 0.25) is 0 Å². The van der Waals surface area contributed by atoms with Gasteiger partial charge in [0.05, 0.1) is 23.8 Å². The maximum Gasteiger partial charge on any atom is 0.279 e. The van der Waals surface area contributed by atoms with Gasteiger partial charge in [-0.15, -0.1) is 0 Å². The largest absolute Gasteiger partial charge is 0.349 e. The van der Waals surface area contributed by atoms with E-state index in [2.05, 4.69) is 17.6 Å². The lowest BCUT2D eigenvalue weighted by Crippen LogP contribution is -3.17. The molecule has 5 heteroatoms. The topological polar surface area (TPSA) is 62.6 Å². The van der Waals surface area contributed by atoms with Crippen molar-refractivity contribution < 1.29 is 14.5 Å². The Morgan fingerprint density at radius 2 is 1.80 bits per heavy atom. The van der Waals surface area contributed by atoms with Gasteiger partial charge in [0.25, 0.3) is 11.8 Å². The van der Waals surface area contributed by atoms with Crippen molar-refractivity contribution in [2.45, 2.75) is 64.0 Å². The molecule has 25 heavy (non-hydrogen) atoms. The zero-order valence-electron chi connectivity index (χ0n) is 15.1. The first kappa shape index (κ1) is 17.9. The Hall–Kier alpha value is -1.88. The highest BCUT2D eigenvalue weighted by Crippen LogP contribution is 2.20. The molecule has 1 aromatic rings. The van der Waals surface area contributed by atoms with Crippen LogP contribution in [0.2, 0.25) is 0 Å². The van der Waals surface area contributed by atoms with E-state index in [0.717, 1.165) is 19.4 Å². The predicted octanol–water partition coefficient (Wildman–Crippen LogP) is 1.75. The van der Waals surface area contributed by atoms with Crippen LogP contribution in [0.15, 0.2) is 24.3 Å². The number of likely N-dealkylation sites (tertiary alicyclic amines) is 1. The molecule has 0 aromatic heterocycles.